The van der Waals surface area contributed by atoms with Crippen LogP contribution in [0.25, 0.3) is 11.2 Å². The number of oxazole rings is 1. The van der Waals surface area contributed by atoms with Crippen molar-refractivity contribution in [3.05, 3.63) is 28.9 Å². The molecule has 0 saturated heterocycles. The van der Waals surface area contributed by atoms with Crippen LogP contribution in [-0.2, 0) is 6.54 Å². The average Bonchev–Trinajstić information content (AvgIpc) is 2.66. The summed E-state index contributed by atoms with van der Waals surface area (Å²) in [4.78, 5) is 15.9. The maximum Gasteiger partial charge on any atom is 0.421 e. The van der Waals surface area contributed by atoms with E-state index in [9.17, 15) is 4.79 Å². The van der Waals surface area contributed by atoms with Crippen molar-refractivity contribution in [3.63, 3.8) is 0 Å². The highest BCUT2D eigenvalue weighted by Crippen LogP contribution is 2.09. The van der Waals surface area contributed by atoms with E-state index in [4.69, 9.17) is 4.42 Å². The predicted molar refractivity (Wildman–Crippen MR) is 70.6 cm³/mol. The number of rotatable bonds is 6. The number of aryl methyl sites for hydroxylation is 1. The molecule has 1 unspecified atom stereocenters. The number of nitrogens with one attached hydrogen (secondary N) is 1. The molecular weight excluding hydrogens is 230 g/mol. The third-order valence-corrected chi connectivity index (χ3v) is 3.00. The average molecular weight is 249 g/mol. The van der Waals surface area contributed by atoms with Gasteiger partial charge in [-0.3, -0.25) is 4.57 Å². The lowest BCUT2D eigenvalue weighted by atomic mass is 10.2. The van der Waals surface area contributed by atoms with Gasteiger partial charge in [0.2, 0.25) is 0 Å². The van der Waals surface area contributed by atoms with Crippen LogP contribution in [0.2, 0.25) is 0 Å². The van der Waals surface area contributed by atoms with Crippen LogP contribution in [0.1, 0.15) is 26.7 Å². The summed E-state index contributed by atoms with van der Waals surface area (Å²) in [6.07, 6.45) is 3.63. The highest BCUT2D eigenvalue weighted by Gasteiger charge is 2.09. The number of nitrogens with zero attached hydrogens (tertiary/aromatic N) is 2. The molecule has 0 aliphatic carbocycles. The molecule has 1 atom stereocenters. The second kappa shape index (κ2) is 5.82. The molecular formula is C13H19N3O2. The molecule has 0 amide bonds. The van der Waals surface area contributed by atoms with Gasteiger partial charge in [0, 0.05) is 18.8 Å². The summed E-state index contributed by atoms with van der Waals surface area (Å²) >= 11 is 0. The molecule has 0 aromatic carbocycles. The fourth-order valence-corrected chi connectivity index (χ4v) is 2.10. The second-order valence-electron chi connectivity index (χ2n) is 4.45. The first-order chi connectivity index (χ1) is 8.72. The van der Waals surface area contributed by atoms with Crippen molar-refractivity contribution in [2.24, 2.45) is 0 Å². The van der Waals surface area contributed by atoms with E-state index in [0.29, 0.717) is 23.8 Å². The first kappa shape index (κ1) is 12.8. The SMILES string of the molecule is CCNC(C)CCCn1c(=O)oc2cccnc21. The van der Waals surface area contributed by atoms with Gasteiger partial charge in [0.05, 0.1) is 0 Å². The Labute approximate surface area is 106 Å². The molecule has 2 aromatic heterocycles. The number of hydrogen-bond acceptors (Lipinski definition) is 4. The molecule has 5 nitrogen and oxygen atoms in total. The Hall–Kier alpha value is -1.62. The Morgan fingerprint density at radius 1 is 1.56 bits per heavy atom. The predicted octanol–water partition coefficient (Wildman–Crippen LogP) is 1.77. The molecule has 0 spiro atoms. The lowest BCUT2D eigenvalue weighted by Gasteiger charge is -2.11. The first-order valence-corrected chi connectivity index (χ1v) is 6.40. The number of pyridine rings is 1. The largest absolute Gasteiger partial charge is 0.421 e. The van der Waals surface area contributed by atoms with Gasteiger partial charge in [-0.05, 0) is 38.4 Å². The summed E-state index contributed by atoms with van der Waals surface area (Å²) < 4.78 is 6.74. The van der Waals surface area contributed by atoms with E-state index >= 15 is 0 Å². The molecule has 0 saturated carbocycles. The smallest absolute Gasteiger partial charge is 0.406 e. The lowest BCUT2D eigenvalue weighted by molar-refractivity contribution is 0.459. The molecule has 0 bridgehead atoms. The quantitative estimate of drug-likeness (QED) is 0.847. The van der Waals surface area contributed by atoms with Crippen molar-refractivity contribution in [1.29, 1.82) is 0 Å². The van der Waals surface area contributed by atoms with E-state index in [2.05, 4.69) is 24.1 Å². The van der Waals surface area contributed by atoms with Gasteiger partial charge in [-0.25, -0.2) is 9.78 Å². The summed E-state index contributed by atoms with van der Waals surface area (Å²) in [5.41, 5.74) is 1.20. The number of aromatic nitrogens is 2. The van der Waals surface area contributed by atoms with Gasteiger partial charge in [-0.1, -0.05) is 6.92 Å². The molecule has 0 fully saturated rings. The van der Waals surface area contributed by atoms with Crippen LogP contribution in [0.5, 0.6) is 0 Å². The van der Waals surface area contributed by atoms with E-state index in [1.807, 2.05) is 0 Å². The van der Waals surface area contributed by atoms with Crippen LogP contribution in [0.15, 0.2) is 27.5 Å². The molecule has 2 aromatic rings. The van der Waals surface area contributed by atoms with Crippen LogP contribution >= 0.6 is 0 Å². The van der Waals surface area contributed by atoms with Crippen molar-refractivity contribution >= 4 is 11.2 Å². The maximum absolute atomic E-state index is 11.7. The third-order valence-electron chi connectivity index (χ3n) is 3.00. The van der Waals surface area contributed by atoms with E-state index in [-0.39, 0.29) is 5.76 Å². The second-order valence-corrected chi connectivity index (χ2v) is 4.45. The van der Waals surface area contributed by atoms with Crippen LogP contribution in [0.4, 0.5) is 0 Å². The summed E-state index contributed by atoms with van der Waals surface area (Å²) in [7, 11) is 0. The van der Waals surface area contributed by atoms with Gasteiger partial charge in [-0.2, -0.15) is 0 Å². The van der Waals surface area contributed by atoms with Crippen molar-refractivity contribution in [1.82, 2.24) is 14.9 Å². The van der Waals surface area contributed by atoms with Crippen molar-refractivity contribution in [2.75, 3.05) is 6.54 Å². The molecule has 0 radical (unpaired) electrons. The zero-order chi connectivity index (χ0) is 13.0. The summed E-state index contributed by atoms with van der Waals surface area (Å²) in [6, 6.07) is 4.00. The van der Waals surface area contributed by atoms with Crippen LogP contribution in [-0.4, -0.2) is 22.1 Å². The summed E-state index contributed by atoms with van der Waals surface area (Å²) in [5, 5.41) is 3.35. The monoisotopic (exact) mass is 249 g/mol. The highest BCUT2D eigenvalue weighted by atomic mass is 16.4. The maximum atomic E-state index is 11.7. The fourth-order valence-electron chi connectivity index (χ4n) is 2.10. The van der Waals surface area contributed by atoms with Gasteiger partial charge in [0.1, 0.15) is 0 Å². The molecule has 98 valence electrons. The van der Waals surface area contributed by atoms with Crippen LogP contribution in [0.3, 0.4) is 0 Å². The molecule has 0 aliphatic heterocycles. The van der Waals surface area contributed by atoms with Crippen molar-refractivity contribution in [3.8, 4) is 0 Å². The minimum atomic E-state index is -0.320. The van der Waals surface area contributed by atoms with E-state index < -0.39 is 0 Å². The Balaban J connectivity index is 2.03. The third kappa shape index (κ3) is 2.79. The van der Waals surface area contributed by atoms with E-state index in [1.165, 1.54) is 0 Å². The van der Waals surface area contributed by atoms with Crippen molar-refractivity contribution < 1.29 is 4.42 Å². The molecule has 2 rings (SSSR count). The summed E-state index contributed by atoms with van der Waals surface area (Å²) in [6.45, 7) is 5.86. The molecule has 18 heavy (non-hydrogen) atoms. The molecule has 5 heteroatoms. The topological polar surface area (TPSA) is 60.1 Å². The van der Waals surface area contributed by atoms with E-state index in [1.54, 1.807) is 22.9 Å². The Morgan fingerprint density at radius 3 is 3.17 bits per heavy atom. The number of fused-ring (bicyclic) bond motifs is 1. The zero-order valence-electron chi connectivity index (χ0n) is 10.8. The van der Waals surface area contributed by atoms with Crippen LogP contribution in [0, 0.1) is 0 Å². The van der Waals surface area contributed by atoms with Gasteiger partial charge in [-0.15, -0.1) is 0 Å². The lowest BCUT2D eigenvalue weighted by Crippen LogP contribution is -2.26. The van der Waals surface area contributed by atoms with Crippen molar-refractivity contribution in [2.45, 2.75) is 39.3 Å². The standard InChI is InChI=1S/C13H19N3O2/c1-3-14-10(2)6-5-9-16-12-11(18-13(16)17)7-4-8-15-12/h4,7-8,10,14H,3,5-6,9H2,1-2H3. The van der Waals surface area contributed by atoms with Crippen LogP contribution < -0.4 is 11.1 Å². The molecule has 2 heterocycles. The summed E-state index contributed by atoms with van der Waals surface area (Å²) in [5.74, 6) is -0.320. The Morgan fingerprint density at radius 2 is 2.39 bits per heavy atom. The van der Waals surface area contributed by atoms with E-state index in [0.717, 1.165) is 19.4 Å². The van der Waals surface area contributed by atoms with Gasteiger partial charge in [0.15, 0.2) is 11.2 Å². The molecule has 1 N–H and O–H groups in total. The minimum Gasteiger partial charge on any atom is -0.406 e. The van der Waals surface area contributed by atoms with Gasteiger partial charge in [0.25, 0.3) is 0 Å². The highest BCUT2D eigenvalue weighted by molar-refractivity contribution is 5.67. The Kier molecular flexibility index (Phi) is 4.15. The van der Waals surface area contributed by atoms with Gasteiger partial charge < -0.3 is 9.73 Å². The fraction of sp³-hybridized carbons (Fsp3) is 0.538. The van der Waals surface area contributed by atoms with Gasteiger partial charge >= 0.3 is 5.76 Å². The Bertz CT molecular complexity index is 559. The molecule has 0 aliphatic rings. The minimum absolute atomic E-state index is 0.320. The first-order valence-electron chi connectivity index (χ1n) is 6.40. The normalized spacial score (nSPS) is 13.0. The zero-order valence-corrected chi connectivity index (χ0v) is 10.8. The number of hydrogen-bond donors (Lipinski definition) is 1.